The summed E-state index contributed by atoms with van der Waals surface area (Å²) in [6.07, 6.45) is 0. The quantitative estimate of drug-likeness (QED) is 0.782. The van der Waals surface area contributed by atoms with E-state index in [2.05, 4.69) is 27.5 Å². The van der Waals surface area contributed by atoms with Crippen LogP contribution in [-0.4, -0.2) is 15.4 Å². The van der Waals surface area contributed by atoms with Gasteiger partial charge in [0.2, 0.25) is 0 Å². The number of hydrogen-bond acceptors (Lipinski definition) is 3. The van der Waals surface area contributed by atoms with Crippen LogP contribution in [0.25, 0.3) is 0 Å². The van der Waals surface area contributed by atoms with Crippen molar-refractivity contribution in [1.82, 2.24) is 15.4 Å². The first kappa shape index (κ1) is 9.27. The Labute approximate surface area is 86.9 Å². The molecular formula is C10H11N3S. The molecule has 0 aliphatic carbocycles. The summed E-state index contributed by atoms with van der Waals surface area (Å²) in [4.78, 5) is 0. The van der Waals surface area contributed by atoms with Crippen molar-refractivity contribution in [3.63, 3.8) is 0 Å². The Morgan fingerprint density at radius 2 is 2.00 bits per heavy atom. The second-order valence-corrected chi connectivity index (χ2v) is 3.95. The summed E-state index contributed by atoms with van der Waals surface area (Å²) in [5.74, 6) is 0.939. The highest BCUT2D eigenvalue weighted by Gasteiger charge is 2.02. The number of hydrogen-bond donors (Lipinski definition) is 1. The van der Waals surface area contributed by atoms with E-state index in [1.165, 1.54) is 5.56 Å². The standard InChI is InChI=1S/C10H11N3S/c1-8-10(12-13-11-8)14-7-9-5-3-2-4-6-9/h2-6H,7H2,1H3,(H,11,12,13). The molecule has 0 saturated heterocycles. The topological polar surface area (TPSA) is 41.6 Å². The van der Waals surface area contributed by atoms with Crippen molar-refractivity contribution in [2.75, 3.05) is 0 Å². The Morgan fingerprint density at radius 3 is 2.64 bits per heavy atom. The molecule has 1 aromatic carbocycles. The highest BCUT2D eigenvalue weighted by molar-refractivity contribution is 7.98. The van der Waals surface area contributed by atoms with Gasteiger partial charge in [-0.3, -0.25) is 0 Å². The van der Waals surface area contributed by atoms with Gasteiger partial charge in [0, 0.05) is 5.75 Å². The molecule has 0 saturated carbocycles. The first-order valence-electron chi connectivity index (χ1n) is 4.40. The van der Waals surface area contributed by atoms with Gasteiger partial charge in [-0.15, -0.1) is 5.10 Å². The van der Waals surface area contributed by atoms with Gasteiger partial charge in [0.1, 0.15) is 5.03 Å². The average molecular weight is 205 g/mol. The van der Waals surface area contributed by atoms with E-state index in [1.807, 2.05) is 25.1 Å². The van der Waals surface area contributed by atoms with Crippen LogP contribution in [0.5, 0.6) is 0 Å². The van der Waals surface area contributed by atoms with Crippen LogP contribution in [0.3, 0.4) is 0 Å². The summed E-state index contributed by atoms with van der Waals surface area (Å²) in [5, 5.41) is 11.6. The number of thioether (sulfide) groups is 1. The van der Waals surface area contributed by atoms with Gasteiger partial charge in [0.05, 0.1) is 5.69 Å². The number of rotatable bonds is 3. The van der Waals surface area contributed by atoms with Crippen molar-refractivity contribution >= 4 is 11.8 Å². The molecular weight excluding hydrogens is 194 g/mol. The molecule has 4 heteroatoms. The summed E-state index contributed by atoms with van der Waals surface area (Å²) in [5.41, 5.74) is 2.27. The van der Waals surface area contributed by atoms with Crippen LogP contribution in [0.4, 0.5) is 0 Å². The second-order valence-electron chi connectivity index (χ2n) is 2.99. The molecule has 0 unspecified atom stereocenters. The van der Waals surface area contributed by atoms with Gasteiger partial charge < -0.3 is 0 Å². The smallest absolute Gasteiger partial charge is 0.141 e. The fraction of sp³-hybridized carbons (Fsp3) is 0.200. The Balaban J connectivity index is 1.99. The molecule has 0 aliphatic heterocycles. The fourth-order valence-corrected chi connectivity index (χ4v) is 1.99. The Hall–Kier alpha value is -1.29. The maximum atomic E-state index is 4.06. The molecule has 0 fully saturated rings. The highest BCUT2D eigenvalue weighted by Crippen LogP contribution is 2.21. The van der Waals surface area contributed by atoms with Crippen LogP contribution in [0.15, 0.2) is 35.4 Å². The summed E-state index contributed by atoms with van der Waals surface area (Å²) >= 11 is 1.70. The molecule has 1 N–H and O–H groups in total. The van der Waals surface area contributed by atoms with E-state index in [9.17, 15) is 0 Å². The lowest BCUT2D eigenvalue weighted by molar-refractivity contribution is 0.908. The van der Waals surface area contributed by atoms with Crippen molar-refractivity contribution in [2.24, 2.45) is 0 Å². The van der Waals surface area contributed by atoms with Gasteiger partial charge in [0.15, 0.2) is 0 Å². The third-order valence-corrected chi connectivity index (χ3v) is 3.03. The monoisotopic (exact) mass is 205 g/mol. The molecule has 3 nitrogen and oxygen atoms in total. The number of nitrogens with one attached hydrogen (secondary N) is 1. The van der Waals surface area contributed by atoms with Gasteiger partial charge in [0.25, 0.3) is 0 Å². The van der Waals surface area contributed by atoms with E-state index >= 15 is 0 Å². The summed E-state index contributed by atoms with van der Waals surface area (Å²) in [6, 6.07) is 10.3. The number of nitrogens with zero attached hydrogens (tertiary/aromatic N) is 2. The molecule has 0 bridgehead atoms. The molecule has 72 valence electrons. The minimum atomic E-state index is 0.939. The summed E-state index contributed by atoms with van der Waals surface area (Å²) < 4.78 is 0. The number of benzene rings is 1. The van der Waals surface area contributed by atoms with Crippen LogP contribution >= 0.6 is 11.8 Å². The summed E-state index contributed by atoms with van der Waals surface area (Å²) in [6.45, 7) is 1.96. The second kappa shape index (κ2) is 4.28. The molecule has 2 rings (SSSR count). The lowest BCUT2D eigenvalue weighted by Gasteiger charge is -1.98. The van der Waals surface area contributed by atoms with E-state index < -0.39 is 0 Å². The summed E-state index contributed by atoms with van der Waals surface area (Å²) in [7, 11) is 0. The molecule has 14 heavy (non-hydrogen) atoms. The van der Waals surface area contributed by atoms with E-state index in [1.54, 1.807) is 11.8 Å². The van der Waals surface area contributed by atoms with Gasteiger partial charge in [-0.25, -0.2) is 0 Å². The van der Waals surface area contributed by atoms with Crippen LogP contribution in [-0.2, 0) is 5.75 Å². The maximum absolute atomic E-state index is 4.06. The Morgan fingerprint density at radius 1 is 1.21 bits per heavy atom. The third kappa shape index (κ3) is 2.14. The average Bonchev–Trinajstić information content (AvgIpc) is 2.63. The largest absolute Gasteiger partial charge is 0.197 e. The van der Waals surface area contributed by atoms with Gasteiger partial charge in [-0.05, 0) is 12.5 Å². The predicted molar refractivity (Wildman–Crippen MR) is 57.1 cm³/mol. The minimum Gasteiger partial charge on any atom is -0.197 e. The number of aryl methyl sites for hydroxylation is 1. The zero-order chi connectivity index (χ0) is 9.80. The molecule has 0 radical (unpaired) electrons. The van der Waals surface area contributed by atoms with Gasteiger partial charge in [-0.2, -0.15) is 10.3 Å². The molecule has 0 amide bonds. The Kier molecular flexibility index (Phi) is 2.84. The lowest BCUT2D eigenvalue weighted by atomic mass is 10.2. The molecule has 1 heterocycles. The minimum absolute atomic E-state index is 0.939. The first-order valence-corrected chi connectivity index (χ1v) is 5.39. The van der Waals surface area contributed by atoms with Gasteiger partial charge in [-0.1, -0.05) is 42.1 Å². The highest BCUT2D eigenvalue weighted by atomic mass is 32.2. The predicted octanol–water partition coefficient (Wildman–Crippen LogP) is 2.41. The fourth-order valence-electron chi connectivity index (χ4n) is 1.14. The van der Waals surface area contributed by atoms with E-state index in [0.717, 1.165) is 16.5 Å². The van der Waals surface area contributed by atoms with Crippen molar-refractivity contribution in [3.05, 3.63) is 41.6 Å². The van der Waals surface area contributed by atoms with Crippen molar-refractivity contribution in [2.45, 2.75) is 17.7 Å². The zero-order valence-electron chi connectivity index (χ0n) is 7.90. The lowest BCUT2D eigenvalue weighted by Crippen LogP contribution is -1.81. The number of aromatic nitrogens is 3. The number of H-pyrrole nitrogens is 1. The molecule has 2 aromatic rings. The van der Waals surface area contributed by atoms with Crippen molar-refractivity contribution < 1.29 is 0 Å². The molecule has 1 aromatic heterocycles. The van der Waals surface area contributed by atoms with Crippen LogP contribution in [0.2, 0.25) is 0 Å². The van der Waals surface area contributed by atoms with E-state index in [4.69, 9.17) is 0 Å². The molecule has 0 spiro atoms. The van der Waals surface area contributed by atoms with E-state index in [0.29, 0.717) is 0 Å². The molecule has 0 aliphatic rings. The van der Waals surface area contributed by atoms with Crippen molar-refractivity contribution in [3.8, 4) is 0 Å². The van der Waals surface area contributed by atoms with Crippen molar-refractivity contribution in [1.29, 1.82) is 0 Å². The van der Waals surface area contributed by atoms with Crippen LogP contribution in [0.1, 0.15) is 11.3 Å². The zero-order valence-corrected chi connectivity index (χ0v) is 8.71. The van der Waals surface area contributed by atoms with Crippen LogP contribution < -0.4 is 0 Å². The maximum Gasteiger partial charge on any atom is 0.141 e. The van der Waals surface area contributed by atoms with Gasteiger partial charge >= 0.3 is 0 Å². The van der Waals surface area contributed by atoms with E-state index in [-0.39, 0.29) is 0 Å². The Bertz CT molecular complexity index is 397. The normalized spacial score (nSPS) is 10.4. The first-order chi connectivity index (χ1) is 6.86. The van der Waals surface area contributed by atoms with Crippen LogP contribution in [0, 0.1) is 6.92 Å². The molecule has 0 atom stereocenters. The number of aromatic amines is 1. The third-order valence-electron chi connectivity index (χ3n) is 1.90. The SMILES string of the molecule is Cc1n[nH]nc1SCc1ccccc1.